The van der Waals surface area contributed by atoms with E-state index in [1.165, 1.54) is 0 Å². The van der Waals surface area contributed by atoms with Crippen molar-refractivity contribution in [1.29, 1.82) is 0 Å². The van der Waals surface area contributed by atoms with Crippen LogP contribution in [0, 0.1) is 13.8 Å². The van der Waals surface area contributed by atoms with Crippen LogP contribution in [0.15, 0.2) is 75.9 Å². The molecular formula is C29H23NO6. The maximum absolute atomic E-state index is 13.3. The van der Waals surface area contributed by atoms with E-state index in [0.29, 0.717) is 27.7 Å². The number of ether oxygens (including phenoxy) is 1. The molecule has 0 aliphatic carbocycles. The molecule has 0 bridgehead atoms. The van der Waals surface area contributed by atoms with E-state index in [4.69, 9.17) is 9.15 Å². The molecule has 2 heterocycles. The molecule has 5 rings (SSSR count). The predicted octanol–water partition coefficient (Wildman–Crippen LogP) is 5.06. The quantitative estimate of drug-likeness (QED) is 0.282. The molecule has 7 heteroatoms. The van der Waals surface area contributed by atoms with Crippen molar-refractivity contribution in [3.8, 4) is 17.1 Å². The second-order valence-corrected chi connectivity index (χ2v) is 8.84. The van der Waals surface area contributed by atoms with Gasteiger partial charge in [0.1, 0.15) is 5.58 Å². The summed E-state index contributed by atoms with van der Waals surface area (Å²) in [5.41, 5.74) is 3.18. The zero-order chi connectivity index (χ0) is 25.4. The van der Waals surface area contributed by atoms with E-state index in [0.717, 1.165) is 16.0 Å². The lowest BCUT2D eigenvalue weighted by Crippen LogP contribution is -2.31. The Kier molecular flexibility index (Phi) is 5.98. The Morgan fingerprint density at radius 3 is 2.17 bits per heavy atom. The summed E-state index contributed by atoms with van der Waals surface area (Å²) in [5.74, 6) is -1.42. The smallest absolute Gasteiger partial charge is 0.311 e. The van der Waals surface area contributed by atoms with Crippen LogP contribution in [0.25, 0.3) is 22.3 Å². The van der Waals surface area contributed by atoms with Crippen molar-refractivity contribution in [1.82, 2.24) is 4.90 Å². The number of benzene rings is 3. The van der Waals surface area contributed by atoms with Gasteiger partial charge in [-0.05, 0) is 44.5 Å². The van der Waals surface area contributed by atoms with Crippen molar-refractivity contribution in [3.05, 3.63) is 99.2 Å². The summed E-state index contributed by atoms with van der Waals surface area (Å²) in [5, 5.41) is 0.319. The number of aryl methyl sites for hydroxylation is 2. The fourth-order valence-electron chi connectivity index (χ4n) is 4.27. The van der Waals surface area contributed by atoms with E-state index in [2.05, 4.69) is 0 Å². The van der Waals surface area contributed by atoms with Crippen LogP contribution in [0.3, 0.4) is 0 Å². The van der Waals surface area contributed by atoms with Crippen LogP contribution in [-0.4, -0.2) is 29.2 Å². The highest BCUT2D eigenvalue weighted by Gasteiger charge is 2.34. The van der Waals surface area contributed by atoms with Gasteiger partial charge in [-0.3, -0.25) is 24.1 Å². The third kappa shape index (κ3) is 4.20. The molecule has 0 saturated carbocycles. The number of carbonyl (C=O) groups excluding carboxylic acids is 3. The fraction of sp³-hybridized carbons (Fsp3) is 0.172. The summed E-state index contributed by atoms with van der Waals surface area (Å²) >= 11 is 0. The molecule has 36 heavy (non-hydrogen) atoms. The van der Waals surface area contributed by atoms with Crippen LogP contribution in [-0.2, 0) is 4.79 Å². The Labute approximate surface area is 206 Å². The Bertz CT molecular complexity index is 1550. The van der Waals surface area contributed by atoms with Crippen molar-refractivity contribution < 1.29 is 23.5 Å². The topological polar surface area (TPSA) is 93.9 Å². The molecule has 2 amide bonds. The average molecular weight is 482 g/mol. The Balaban J connectivity index is 1.37. The minimum absolute atomic E-state index is 0.0673. The minimum atomic E-state index is -0.653. The lowest BCUT2D eigenvalue weighted by Gasteiger charge is -2.14. The van der Waals surface area contributed by atoms with Crippen molar-refractivity contribution in [2.45, 2.75) is 26.7 Å². The van der Waals surface area contributed by atoms with Crippen LogP contribution < -0.4 is 10.2 Å². The Morgan fingerprint density at radius 2 is 1.50 bits per heavy atom. The number of hydrogen-bond donors (Lipinski definition) is 0. The molecule has 4 aromatic rings. The van der Waals surface area contributed by atoms with Crippen LogP contribution in [0.4, 0.5) is 0 Å². The molecule has 0 radical (unpaired) electrons. The maximum atomic E-state index is 13.3. The Morgan fingerprint density at radius 1 is 0.861 bits per heavy atom. The lowest BCUT2D eigenvalue weighted by molar-refractivity contribution is -0.134. The Hall–Kier alpha value is -4.52. The van der Waals surface area contributed by atoms with Crippen LogP contribution in [0.5, 0.6) is 5.75 Å². The number of amides is 2. The number of esters is 1. The van der Waals surface area contributed by atoms with Crippen molar-refractivity contribution in [3.63, 3.8) is 0 Å². The number of rotatable bonds is 6. The molecule has 1 aliphatic rings. The molecule has 1 aromatic heterocycles. The summed E-state index contributed by atoms with van der Waals surface area (Å²) in [6.07, 6.45) is 0.105. The van der Waals surface area contributed by atoms with Gasteiger partial charge < -0.3 is 9.15 Å². The molecule has 7 nitrogen and oxygen atoms in total. The molecular weight excluding hydrogens is 458 g/mol. The zero-order valence-electron chi connectivity index (χ0n) is 19.9. The minimum Gasteiger partial charge on any atom is -0.452 e. The van der Waals surface area contributed by atoms with E-state index in [-0.39, 0.29) is 42.7 Å². The number of imide groups is 1. The van der Waals surface area contributed by atoms with Crippen LogP contribution in [0.2, 0.25) is 0 Å². The van der Waals surface area contributed by atoms with Gasteiger partial charge in [0.25, 0.3) is 11.8 Å². The monoisotopic (exact) mass is 481 g/mol. The van der Waals surface area contributed by atoms with E-state index in [9.17, 15) is 19.2 Å². The first-order valence-corrected chi connectivity index (χ1v) is 11.6. The zero-order valence-corrected chi connectivity index (χ0v) is 19.9. The highest BCUT2D eigenvalue weighted by Crippen LogP contribution is 2.32. The van der Waals surface area contributed by atoms with E-state index in [1.807, 2.05) is 32.0 Å². The summed E-state index contributed by atoms with van der Waals surface area (Å²) in [4.78, 5) is 52.3. The van der Waals surface area contributed by atoms with Gasteiger partial charge in [0, 0.05) is 18.5 Å². The largest absolute Gasteiger partial charge is 0.452 e. The highest BCUT2D eigenvalue weighted by atomic mass is 16.5. The predicted molar refractivity (Wildman–Crippen MR) is 134 cm³/mol. The van der Waals surface area contributed by atoms with Gasteiger partial charge in [0.15, 0.2) is 5.76 Å². The molecule has 0 unspecified atom stereocenters. The second-order valence-electron chi connectivity index (χ2n) is 8.84. The van der Waals surface area contributed by atoms with Crippen molar-refractivity contribution in [2.24, 2.45) is 0 Å². The van der Waals surface area contributed by atoms with Crippen molar-refractivity contribution >= 4 is 28.8 Å². The van der Waals surface area contributed by atoms with E-state index in [1.54, 1.807) is 48.5 Å². The first-order valence-electron chi connectivity index (χ1n) is 11.6. The SMILES string of the molecule is Cc1ccc(-c2oc3ccc(C)cc3c(=O)c2OC(=O)CCCN2C(=O)c3ccccc3C2=O)cc1. The first kappa shape index (κ1) is 23.2. The van der Waals surface area contributed by atoms with Gasteiger partial charge in [-0.1, -0.05) is 53.6 Å². The summed E-state index contributed by atoms with van der Waals surface area (Å²) in [6, 6.07) is 19.2. The summed E-state index contributed by atoms with van der Waals surface area (Å²) in [6.45, 7) is 3.87. The van der Waals surface area contributed by atoms with Crippen molar-refractivity contribution in [2.75, 3.05) is 6.54 Å². The highest BCUT2D eigenvalue weighted by molar-refractivity contribution is 6.21. The molecule has 0 fully saturated rings. The molecule has 0 N–H and O–H groups in total. The maximum Gasteiger partial charge on any atom is 0.311 e. The fourth-order valence-corrected chi connectivity index (χ4v) is 4.27. The molecule has 0 atom stereocenters. The summed E-state index contributed by atoms with van der Waals surface area (Å²) < 4.78 is 11.6. The summed E-state index contributed by atoms with van der Waals surface area (Å²) in [7, 11) is 0. The van der Waals surface area contributed by atoms with E-state index < -0.39 is 11.4 Å². The average Bonchev–Trinajstić information content (AvgIpc) is 3.11. The standard InChI is InChI=1S/C29H23NO6/c1-17-9-12-19(13-10-17)26-27(25(32)22-16-18(2)11-14-23(22)35-26)36-24(31)8-5-15-30-28(33)20-6-3-4-7-21(20)29(30)34/h3-4,6-7,9-14,16H,5,8,15H2,1-2H3. The number of nitrogens with zero attached hydrogens (tertiary/aromatic N) is 1. The van der Waals surface area contributed by atoms with Gasteiger partial charge in [0.05, 0.1) is 16.5 Å². The van der Waals surface area contributed by atoms with Gasteiger partial charge in [-0.25, -0.2) is 0 Å². The van der Waals surface area contributed by atoms with Gasteiger partial charge in [0.2, 0.25) is 11.2 Å². The molecule has 0 saturated heterocycles. The lowest BCUT2D eigenvalue weighted by atomic mass is 10.1. The third-order valence-electron chi connectivity index (χ3n) is 6.17. The normalized spacial score (nSPS) is 12.8. The molecule has 1 aliphatic heterocycles. The third-order valence-corrected chi connectivity index (χ3v) is 6.17. The molecule has 0 spiro atoms. The number of carbonyl (C=O) groups is 3. The molecule has 180 valence electrons. The van der Waals surface area contributed by atoms with Gasteiger partial charge >= 0.3 is 5.97 Å². The number of fused-ring (bicyclic) bond motifs is 2. The second kappa shape index (κ2) is 9.26. The number of hydrogen-bond acceptors (Lipinski definition) is 6. The molecule has 3 aromatic carbocycles. The first-order chi connectivity index (χ1) is 17.3. The van der Waals surface area contributed by atoms with Crippen LogP contribution in [0.1, 0.15) is 44.7 Å². The van der Waals surface area contributed by atoms with Gasteiger partial charge in [-0.15, -0.1) is 0 Å². The van der Waals surface area contributed by atoms with Gasteiger partial charge in [-0.2, -0.15) is 0 Å². The van der Waals surface area contributed by atoms with Crippen LogP contribution >= 0.6 is 0 Å². The van der Waals surface area contributed by atoms with E-state index >= 15 is 0 Å².